The molecule has 2 aromatic carbocycles. The molecule has 0 saturated heterocycles. The number of nitrogens with two attached hydrogens (primary N) is 1. The maximum absolute atomic E-state index is 6.17. The molecule has 0 aromatic heterocycles. The van der Waals surface area contributed by atoms with Crippen LogP contribution in [0.25, 0.3) is 0 Å². The second kappa shape index (κ2) is 7.11. The van der Waals surface area contributed by atoms with Gasteiger partial charge < -0.3 is 10.5 Å². The summed E-state index contributed by atoms with van der Waals surface area (Å²) in [6.45, 7) is 2.74. The summed E-state index contributed by atoms with van der Waals surface area (Å²) < 4.78 is 5.62. The molecule has 2 rings (SSSR count). The summed E-state index contributed by atoms with van der Waals surface area (Å²) in [5.41, 5.74) is 6.57. The molecule has 2 aromatic rings. The number of hydrogen-bond acceptors (Lipinski definition) is 3. The number of ether oxygens (including phenoxy) is 1. The topological polar surface area (TPSA) is 35.2 Å². The van der Waals surface area contributed by atoms with E-state index in [2.05, 4.69) is 6.92 Å². The molecule has 0 unspecified atom stereocenters. The molecule has 0 amide bonds. The molecule has 0 heterocycles. The van der Waals surface area contributed by atoms with E-state index in [4.69, 9.17) is 33.7 Å². The number of hydrogen-bond donors (Lipinski definition) is 1. The molecular weight excluding hydrogens is 313 g/mol. The van der Waals surface area contributed by atoms with Crippen molar-refractivity contribution in [2.24, 2.45) is 0 Å². The van der Waals surface area contributed by atoms with Gasteiger partial charge in [0, 0.05) is 26.6 Å². The maximum atomic E-state index is 6.17. The molecule has 0 bridgehead atoms. The molecular formula is C15H15Cl2NOS. The van der Waals surface area contributed by atoms with Crippen molar-refractivity contribution in [1.82, 2.24) is 0 Å². The summed E-state index contributed by atoms with van der Waals surface area (Å²) in [6, 6.07) is 11.0. The zero-order chi connectivity index (χ0) is 14.5. The fourth-order valence-electron chi connectivity index (χ4n) is 1.64. The van der Waals surface area contributed by atoms with Crippen LogP contribution in [0.3, 0.4) is 0 Å². The van der Waals surface area contributed by atoms with Crippen LogP contribution < -0.4 is 10.5 Å². The summed E-state index contributed by atoms with van der Waals surface area (Å²) in [4.78, 5) is 1.87. The van der Waals surface area contributed by atoms with Crippen LogP contribution in [0, 0.1) is 0 Å². The van der Waals surface area contributed by atoms with Crippen molar-refractivity contribution in [3.05, 3.63) is 46.4 Å². The Kier molecular flexibility index (Phi) is 5.46. The van der Waals surface area contributed by atoms with Gasteiger partial charge in [-0.3, -0.25) is 0 Å². The van der Waals surface area contributed by atoms with Gasteiger partial charge in [0.15, 0.2) is 0 Å². The fourth-order valence-corrected chi connectivity index (χ4v) is 3.08. The molecule has 0 spiro atoms. The first-order chi connectivity index (χ1) is 9.58. The third kappa shape index (κ3) is 4.23. The van der Waals surface area contributed by atoms with E-state index >= 15 is 0 Å². The molecule has 0 fully saturated rings. The Morgan fingerprint density at radius 1 is 1.15 bits per heavy atom. The molecule has 0 aliphatic heterocycles. The first kappa shape index (κ1) is 15.4. The lowest BCUT2D eigenvalue weighted by Crippen LogP contribution is -1.96. The van der Waals surface area contributed by atoms with Crippen molar-refractivity contribution in [1.29, 1.82) is 0 Å². The van der Waals surface area contributed by atoms with Crippen LogP contribution in [0.5, 0.6) is 5.75 Å². The quantitative estimate of drug-likeness (QED) is 0.735. The van der Waals surface area contributed by atoms with Gasteiger partial charge in [-0.2, -0.15) is 0 Å². The highest BCUT2D eigenvalue weighted by molar-refractivity contribution is 7.99. The highest BCUT2D eigenvalue weighted by atomic mass is 35.5. The second-order valence-electron chi connectivity index (χ2n) is 4.26. The van der Waals surface area contributed by atoms with E-state index in [1.807, 2.05) is 24.3 Å². The van der Waals surface area contributed by atoms with Gasteiger partial charge in [-0.05, 0) is 36.8 Å². The lowest BCUT2D eigenvalue weighted by atomic mass is 10.3. The lowest BCUT2D eigenvalue weighted by molar-refractivity contribution is 0.317. The predicted octanol–water partition coefficient (Wildman–Crippen LogP) is 5.52. The van der Waals surface area contributed by atoms with Crippen LogP contribution in [0.2, 0.25) is 10.0 Å². The van der Waals surface area contributed by atoms with E-state index in [9.17, 15) is 0 Å². The lowest BCUT2D eigenvalue weighted by Gasteiger charge is -2.09. The fraction of sp³-hybridized carbons (Fsp3) is 0.200. The van der Waals surface area contributed by atoms with Crippen LogP contribution in [0.15, 0.2) is 46.2 Å². The molecule has 0 atom stereocenters. The Hall–Kier alpha value is -1.03. The van der Waals surface area contributed by atoms with Crippen molar-refractivity contribution in [2.45, 2.75) is 23.1 Å². The molecule has 0 aliphatic carbocycles. The SMILES string of the molecule is CCCOc1cc(N)cc(Sc2cc(Cl)ccc2Cl)c1. The highest BCUT2D eigenvalue weighted by Crippen LogP contribution is 2.37. The second-order valence-corrected chi connectivity index (χ2v) is 6.22. The molecule has 0 radical (unpaired) electrons. The summed E-state index contributed by atoms with van der Waals surface area (Å²) in [6.07, 6.45) is 0.956. The van der Waals surface area contributed by atoms with Crippen LogP contribution in [-0.4, -0.2) is 6.61 Å². The van der Waals surface area contributed by atoms with Gasteiger partial charge in [0.2, 0.25) is 0 Å². The molecule has 0 aliphatic rings. The predicted molar refractivity (Wildman–Crippen MR) is 87.2 cm³/mol. The first-order valence-corrected chi connectivity index (χ1v) is 7.82. The molecule has 20 heavy (non-hydrogen) atoms. The third-order valence-corrected chi connectivity index (χ3v) is 4.20. The normalized spacial score (nSPS) is 10.6. The smallest absolute Gasteiger partial charge is 0.122 e. The van der Waals surface area contributed by atoms with E-state index in [1.165, 1.54) is 11.8 Å². The van der Waals surface area contributed by atoms with Crippen LogP contribution in [-0.2, 0) is 0 Å². The number of benzene rings is 2. The minimum Gasteiger partial charge on any atom is -0.493 e. The van der Waals surface area contributed by atoms with Crippen molar-refractivity contribution in [3.63, 3.8) is 0 Å². The standard InChI is InChI=1S/C15H15Cl2NOS/c1-2-5-19-12-7-11(18)8-13(9-12)20-15-6-10(16)3-4-14(15)17/h3-4,6-9H,2,5,18H2,1H3. The Balaban J connectivity index is 2.24. The largest absolute Gasteiger partial charge is 0.493 e. The van der Waals surface area contributed by atoms with Crippen molar-refractivity contribution >= 4 is 40.7 Å². The van der Waals surface area contributed by atoms with Crippen LogP contribution >= 0.6 is 35.0 Å². The van der Waals surface area contributed by atoms with Gasteiger partial charge in [-0.15, -0.1) is 0 Å². The molecule has 106 valence electrons. The van der Waals surface area contributed by atoms with Crippen LogP contribution in [0.4, 0.5) is 5.69 Å². The third-order valence-electron chi connectivity index (χ3n) is 2.50. The Morgan fingerprint density at radius 3 is 2.70 bits per heavy atom. The van der Waals surface area contributed by atoms with E-state index in [1.54, 1.807) is 12.1 Å². The Bertz CT molecular complexity index is 604. The van der Waals surface area contributed by atoms with Crippen molar-refractivity contribution < 1.29 is 4.74 Å². The Morgan fingerprint density at radius 2 is 1.95 bits per heavy atom. The van der Waals surface area contributed by atoms with Gasteiger partial charge >= 0.3 is 0 Å². The minimum atomic E-state index is 0.656. The minimum absolute atomic E-state index is 0.656. The van der Waals surface area contributed by atoms with Gasteiger partial charge in [0.05, 0.1) is 11.6 Å². The summed E-state index contributed by atoms with van der Waals surface area (Å²) in [5.74, 6) is 0.771. The highest BCUT2D eigenvalue weighted by Gasteiger charge is 2.06. The van der Waals surface area contributed by atoms with E-state index in [0.29, 0.717) is 22.3 Å². The van der Waals surface area contributed by atoms with E-state index in [0.717, 1.165) is 22.0 Å². The molecule has 2 nitrogen and oxygen atoms in total. The molecule has 5 heteroatoms. The van der Waals surface area contributed by atoms with Crippen LogP contribution in [0.1, 0.15) is 13.3 Å². The van der Waals surface area contributed by atoms with E-state index in [-0.39, 0.29) is 0 Å². The summed E-state index contributed by atoms with van der Waals surface area (Å²) >= 11 is 13.7. The average molecular weight is 328 g/mol. The Labute approximate surface area is 133 Å². The molecule has 2 N–H and O–H groups in total. The average Bonchev–Trinajstić information content (AvgIpc) is 2.40. The maximum Gasteiger partial charge on any atom is 0.122 e. The number of anilines is 1. The van der Waals surface area contributed by atoms with Gasteiger partial charge in [0.1, 0.15) is 5.75 Å². The first-order valence-electron chi connectivity index (χ1n) is 6.24. The van der Waals surface area contributed by atoms with Gasteiger partial charge in [0.25, 0.3) is 0 Å². The summed E-state index contributed by atoms with van der Waals surface area (Å²) in [5, 5.41) is 1.32. The monoisotopic (exact) mass is 327 g/mol. The van der Waals surface area contributed by atoms with E-state index < -0.39 is 0 Å². The zero-order valence-corrected chi connectivity index (χ0v) is 13.4. The number of rotatable bonds is 5. The zero-order valence-electron chi connectivity index (χ0n) is 11.0. The van der Waals surface area contributed by atoms with Gasteiger partial charge in [-0.25, -0.2) is 0 Å². The van der Waals surface area contributed by atoms with Crippen molar-refractivity contribution in [3.8, 4) is 5.75 Å². The summed E-state index contributed by atoms with van der Waals surface area (Å²) in [7, 11) is 0. The number of nitrogen functional groups attached to an aromatic ring is 1. The number of halogens is 2. The van der Waals surface area contributed by atoms with Gasteiger partial charge in [-0.1, -0.05) is 41.9 Å². The molecule has 0 saturated carbocycles. The van der Waals surface area contributed by atoms with Crippen molar-refractivity contribution in [2.75, 3.05) is 12.3 Å².